The highest BCUT2D eigenvalue weighted by Gasteiger charge is 2.16. The summed E-state index contributed by atoms with van der Waals surface area (Å²) in [5, 5.41) is 20.1. The van der Waals surface area contributed by atoms with Crippen molar-refractivity contribution in [2.24, 2.45) is 5.73 Å². The summed E-state index contributed by atoms with van der Waals surface area (Å²) >= 11 is 0. The fourth-order valence-electron chi connectivity index (χ4n) is 0.987. The van der Waals surface area contributed by atoms with E-state index in [-0.39, 0.29) is 24.7 Å². The maximum Gasteiger partial charge on any atom is 0.271 e. The number of halogens is 1. The lowest BCUT2D eigenvalue weighted by Crippen LogP contribution is -2.30. The van der Waals surface area contributed by atoms with Gasteiger partial charge in [0, 0.05) is 0 Å². The third kappa shape index (κ3) is 2.84. The Labute approximate surface area is 90.1 Å². The van der Waals surface area contributed by atoms with E-state index in [1.54, 1.807) is 0 Å². The molecule has 16 heavy (non-hydrogen) atoms. The van der Waals surface area contributed by atoms with E-state index >= 15 is 0 Å². The van der Waals surface area contributed by atoms with Crippen LogP contribution in [0.5, 0.6) is 0 Å². The Morgan fingerprint density at radius 3 is 2.69 bits per heavy atom. The second-order valence-electron chi connectivity index (χ2n) is 2.96. The van der Waals surface area contributed by atoms with Crippen LogP contribution in [0.3, 0.4) is 0 Å². The van der Waals surface area contributed by atoms with E-state index in [2.05, 4.69) is 15.3 Å². The van der Waals surface area contributed by atoms with Crippen LogP contribution in [0.2, 0.25) is 0 Å². The van der Waals surface area contributed by atoms with E-state index in [1.165, 1.54) is 0 Å². The van der Waals surface area contributed by atoms with Gasteiger partial charge >= 0.3 is 0 Å². The van der Waals surface area contributed by atoms with Crippen molar-refractivity contribution in [3.8, 4) is 0 Å². The topological polar surface area (TPSA) is 121 Å². The van der Waals surface area contributed by atoms with Crippen molar-refractivity contribution in [3.63, 3.8) is 0 Å². The number of hydrogen-bond donors (Lipinski definition) is 4. The number of primary amides is 1. The molecular formula is C8H11FN4O3. The third-order valence-electron chi connectivity index (χ3n) is 1.76. The van der Waals surface area contributed by atoms with E-state index in [1.807, 2.05) is 0 Å². The summed E-state index contributed by atoms with van der Waals surface area (Å²) in [5.74, 6) is -1.98. The second-order valence-corrected chi connectivity index (χ2v) is 2.96. The lowest BCUT2D eigenvalue weighted by molar-refractivity contribution is 0.0994. The lowest BCUT2D eigenvalue weighted by atomic mass is 10.3. The molecule has 1 amide bonds. The Kier molecular flexibility index (Phi) is 4.09. The van der Waals surface area contributed by atoms with Crippen molar-refractivity contribution in [2.45, 2.75) is 6.04 Å². The molecule has 7 nitrogen and oxygen atoms in total. The first-order chi connectivity index (χ1) is 7.58. The maximum absolute atomic E-state index is 12.7. The molecule has 88 valence electrons. The minimum Gasteiger partial charge on any atom is -0.394 e. The predicted octanol–water partition coefficient (Wildman–Crippen LogP) is -1.52. The largest absolute Gasteiger partial charge is 0.394 e. The number of carbonyl (C=O) groups excluding carboxylic acids is 1. The number of anilines is 1. The first kappa shape index (κ1) is 12.3. The van der Waals surface area contributed by atoms with Crippen molar-refractivity contribution in [1.82, 2.24) is 9.97 Å². The first-order valence-corrected chi connectivity index (χ1v) is 4.39. The molecule has 1 rings (SSSR count). The van der Waals surface area contributed by atoms with Crippen molar-refractivity contribution in [1.29, 1.82) is 0 Å². The number of carbonyl (C=O) groups is 1. The first-order valence-electron chi connectivity index (χ1n) is 4.39. The smallest absolute Gasteiger partial charge is 0.271 e. The molecule has 0 aliphatic heterocycles. The van der Waals surface area contributed by atoms with Gasteiger partial charge < -0.3 is 21.3 Å². The molecule has 0 aliphatic carbocycles. The lowest BCUT2D eigenvalue weighted by Gasteiger charge is -2.14. The highest BCUT2D eigenvalue weighted by atomic mass is 19.1. The number of hydrogen-bond acceptors (Lipinski definition) is 6. The summed E-state index contributed by atoms with van der Waals surface area (Å²) in [4.78, 5) is 17.7. The van der Waals surface area contributed by atoms with Gasteiger partial charge in [0.25, 0.3) is 5.91 Å². The zero-order valence-electron chi connectivity index (χ0n) is 8.22. The number of aromatic nitrogens is 2. The molecule has 0 bridgehead atoms. The van der Waals surface area contributed by atoms with Crippen LogP contribution < -0.4 is 11.1 Å². The molecule has 0 aromatic carbocycles. The van der Waals surface area contributed by atoms with E-state index in [4.69, 9.17) is 15.9 Å². The second kappa shape index (κ2) is 5.33. The maximum atomic E-state index is 12.7. The van der Waals surface area contributed by atoms with Crippen molar-refractivity contribution in [2.75, 3.05) is 18.5 Å². The van der Waals surface area contributed by atoms with Gasteiger partial charge in [-0.15, -0.1) is 0 Å². The van der Waals surface area contributed by atoms with Crippen LogP contribution in [0.15, 0.2) is 6.20 Å². The molecule has 1 heterocycles. The molecule has 0 unspecified atom stereocenters. The van der Waals surface area contributed by atoms with Gasteiger partial charge in [0.05, 0.1) is 25.5 Å². The molecule has 0 spiro atoms. The minimum absolute atomic E-state index is 0.0815. The van der Waals surface area contributed by atoms with Crippen LogP contribution in [-0.4, -0.2) is 45.3 Å². The minimum atomic E-state index is -0.955. The molecule has 0 radical (unpaired) electrons. The van der Waals surface area contributed by atoms with E-state index < -0.39 is 17.9 Å². The standard InChI is InChI=1S/C8H11FN4O3/c9-5-1-11-8(6(13-5)7(10)16)12-4(2-14)3-15/h1,4,14-15H,2-3H2,(H2,10,16)(H,11,12). The van der Waals surface area contributed by atoms with Crippen LogP contribution >= 0.6 is 0 Å². The highest BCUT2D eigenvalue weighted by molar-refractivity contribution is 5.95. The molecule has 0 fully saturated rings. The molecule has 0 aliphatic rings. The number of rotatable bonds is 5. The predicted molar refractivity (Wildman–Crippen MR) is 52.1 cm³/mol. The van der Waals surface area contributed by atoms with Gasteiger partial charge in [-0.25, -0.2) is 9.97 Å². The Bertz CT molecular complexity index is 384. The average Bonchev–Trinajstić information content (AvgIpc) is 2.27. The summed E-state index contributed by atoms with van der Waals surface area (Å²) in [6.45, 7) is -0.762. The van der Waals surface area contributed by atoms with Crippen LogP contribution in [0.1, 0.15) is 10.5 Å². The zero-order chi connectivity index (χ0) is 12.1. The van der Waals surface area contributed by atoms with E-state index in [0.29, 0.717) is 0 Å². The molecule has 1 aromatic rings. The fraction of sp³-hybridized carbons (Fsp3) is 0.375. The van der Waals surface area contributed by atoms with Gasteiger partial charge in [-0.2, -0.15) is 4.39 Å². The summed E-state index contributed by atoms with van der Waals surface area (Å²) < 4.78 is 12.7. The molecule has 5 N–H and O–H groups in total. The van der Waals surface area contributed by atoms with Gasteiger partial charge in [0.2, 0.25) is 5.95 Å². The molecule has 8 heteroatoms. The number of nitrogens with one attached hydrogen (secondary N) is 1. The summed E-state index contributed by atoms with van der Waals surface area (Å²) in [6.07, 6.45) is 0.792. The third-order valence-corrected chi connectivity index (χ3v) is 1.76. The summed E-state index contributed by atoms with van der Waals surface area (Å²) in [6, 6.07) is -0.724. The quantitative estimate of drug-likeness (QED) is 0.487. The number of amides is 1. The molecule has 0 saturated carbocycles. The fourth-order valence-corrected chi connectivity index (χ4v) is 0.987. The Morgan fingerprint density at radius 1 is 1.56 bits per heavy atom. The Balaban J connectivity index is 2.98. The summed E-state index contributed by atoms with van der Waals surface area (Å²) in [5.41, 5.74) is 4.59. The van der Waals surface area contributed by atoms with Gasteiger partial charge in [-0.3, -0.25) is 4.79 Å². The van der Waals surface area contributed by atoms with Crippen molar-refractivity contribution >= 4 is 11.7 Å². The van der Waals surface area contributed by atoms with Gasteiger partial charge in [-0.1, -0.05) is 0 Å². The number of nitrogens with two attached hydrogens (primary N) is 1. The van der Waals surface area contributed by atoms with Gasteiger partial charge in [0.1, 0.15) is 0 Å². The van der Waals surface area contributed by atoms with Gasteiger partial charge in [0.15, 0.2) is 11.5 Å². The molecule has 1 aromatic heterocycles. The molecule has 0 atom stereocenters. The summed E-state index contributed by atoms with van der Waals surface area (Å²) in [7, 11) is 0. The Morgan fingerprint density at radius 2 is 2.19 bits per heavy atom. The van der Waals surface area contributed by atoms with Crippen molar-refractivity contribution < 1.29 is 19.4 Å². The molecule has 0 saturated heterocycles. The number of nitrogens with zero attached hydrogens (tertiary/aromatic N) is 2. The van der Waals surface area contributed by atoms with Crippen molar-refractivity contribution in [3.05, 3.63) is 17.8 Å². The van der Waals surface area contributed by atoms with Gasteiger partial charge in [-0.05, 0) is 0 Å². The van der Waals surface area contributed by atoms with Crippen LogP contribution in [0.25, 0.3) is 0 Å². The zero-order valence-corrected chi connectivity index (χ0v) is 8.22. The Hall–Kier alpha value is -1.80. The highest BCUT2D eigenvalue weighted by Crippen LogP contribution is 2.10. The normalized spacial score (nSPS) is 10.5. The van der Waals surface area contributed by atoms with Crippen LogP contribution in [0, 0.1) is 5.95 Å². The number of aliphatic hydroxyl groups excluding tert-OH is 2. The number of aliphatic hydroxyl groups is 2. The van der Waals surface area contributed by atoms with E-state index in [0.717, 1.165) is 6.20 Å². The average molecular weight is 230 g/mol. The van der Waals surface area contributed by atoms with E-state index in [9.17, 15) is 9.18 Å². The van der Waals surface area contributed by atoms with Crippen LogP contribution in [-0.2, 0) is 0 Å². The monoisotopic (exact) mass is 230 g/mol. The SMILES string of the molecule is NC(=O)c1nc(F)cnc1NC(CO)CO. The van der Waals surface area contributed by atoms with Crippen LogP contribution in [0.4, 0.5) is 10.2 Å². The molecular weight excluding hydrogens is 219 g/mol.